The van der Waals surface area contributed by atoms with Crippen molar-refractivity contribution in [3.8, 4) is 0 Å². The van der Waals surface area contributed by atoms with Gasteiger partial charge in [-0.1, -0.05) is 0 Å². The number of aryl methyl sites for hydroxylation is 1. The lowest BCUT2D eigenvalue weighted by Crippen LogP contribution is -2.35. The number of furan rings is 1. The third kappa shape index (κ3) is 4.81. The maximum atomic E-state index is 12.1. The molecule has 0 radical (unpaired) electrons. The van der Waals surface area contributed by atoms with Crippen LogP contribution in [-0.2, 0) is 19.5 Å². The summed E-state index contributed by atoms with van der Waals surface area (Å²) in [4.78, 5) is 10.6. The van der Waals surface area contributed by atoms with Crippen molar-refractivity contribution in [3.05, 3.63) is 17.6 Å². The molecule has 0 saturated carbocycles. The van der Waals surface area contributed by atoms with Gasteiger partial charge in [-0.15, -0.1) is 0 Å². The Labute approximate surface area is 123 Å². The highest BCUT2D eigenvalue weighted by Crippen LogP contribution is 2.19. The standard InChI is InChI=1S/C12H19NO7S/c1-4-18-11(19-5-2)7-13-21(16,17)10-6-9(12(14)15)20-8(10)3/h6,11,13H,4-5,7H2,1-3H3,(H,14,15). The lowest BCUT2D eigenvalue weighted by Gasteiger charge is -2.17. The SMILES string of the molecule is CCOC(CNS(=O)(=O)c1cc(C(=O)O)oc1C)OCC. The van der Waals surface area contributed by atoms with Crippen molar-refractivity contribution in [2.75, 3.05) is 19.8 Å². The van der Waals surface area contributed by atoms with Crippen LogP contribution in [0, 0.1) is 6.92 Å². The van der Waals surface area contributed by atoms with E-state index in [2.05, 4.69) is 4.72 Å². The minimum Gasteiger partial charge on any atom is -0.475 e. The van der Waals surface area contributed by atoms with Crippen LogP contribution >= 0.6 is 0 Å². The zero-order valence-electron chi connectivity index (χ0n) is 12.1. The van der Waals surface area contributed by atoms with Crippen molar-refractivity contribution in [1.82, 2.24) is 4.72 Å². The fourth-order valence-electron chi connectivity index (χ4n) is 1.63. The maximum absolute atomic E-state index is 12.1. The van der Waals surface area contributed by atoms with Gasteiger partial charge in [0.25, 0.3) is 0 Å². The number of hydrogen-bond donors (Lipinski definition) is 2. The molecule has 0 atom stereocenters. The number of nitrogens with one attached hydrogen (secondary N) is 1. The van der Waals surface area contributed by atoms with Crippen molar-refractivity contribution < 1.29 is 32.2 Å². The number of sulfonamides is 1. The van der Waals surface area contributed by atoms with Gasteiger partial charge < -0.3 is 19.0 Å². The predicted molar refractivity (Wildman–Crippen MR) is 72.6 cm³/mol. The lowest BCUT2D eigenvalue weighted by atomic mass is 10.4. The van der Waals surface area contributed by atoms with E-state index in [1.54, 1.807) is 13.8 Å². The number of carboxylic acid groups (broad SMARTS) is 1. The van der Waals surface area contributed by atoms with E-state index in [1.807, 2.05) is 0 Å². The molecule has 1 aromatic rings. The average molecular weight is 321 g/mol. The second kappa shape index (κ2) is 7.55. The molecule has 0 aliphatic rings. The van der Waals surface area contributed by atoms with Crippen molar-refractivity contribution in [1.29, 1.82) is 0 Å². The van der Waals surface area contributed by atoms with Crippen molar-refractivity contribution >= 4 is 16.0 Å². The normalized spacial score (nSPS) is 12.0. The molecule has 120 valence electrons. The van der Waals surface area contributed by atoms with Gasteiger partial charge in [-0.25, -0.2) is 17.9 Å². The van der Waals surface area contributed by atoms with Gasteiger partial charge in [0, 0.05) is 19.3 Å². The van der Waals surface area contributed by atoms with Gasteiger partial charge >= 0.3 is 5.97 Å². The molecule has 0 aliphatic carbocycles. The van der Waals surface area contributed by atoms with E-state index >= 15 is 0 Å². The molecular weight excluding hydrogens is 302 g/mol. The monoisotopic (exact) mass is 321 g/mol. The molecule has 1 heterocycles. The molecule has 8 nitrogen and oxygen atoms in total. The summed E-state index contributed by atoms with van der Waals surface area (Å²) in [5, 5.41) is 8.80. The molecule has 0 spiro atoms. The third-order valence-electron chi connectivity index (χ3n) is 2.52. The van der Waals surface area contributed by atoms with E-state index < -0.39 is 28.0 Å². The van der Waals surface area contributed by atoms with E-state index in [4.69, 9.17) is 19.0 Å². The fraction of sp³-hybridized carbons (Fsp3) is 0.583. The van der Waals surface area contributed by atoms with Crippen LogP contribution in [0.1, 0.15) is 30.2 Å². The zero-order chi connectivity index (χ0) is 16.0. The summed E-state index contributed by atoms with van der Waals surface area (Å²) in [6.45, 7) is 5.57. The highest BCUT2D eigenvalue weighted by molar-refractivity contribution is 7.89. The Balaban J connectivity index is 2.83. The average Bonchev–Trinajstić information content (AvgIpc) is 2.80. The van der Waals surface area contributed by atoms with Gasteiger partial charge in [-0.3, -0.25) is 0 Å². The number of carboxylic acids is 1. The molecule has 0 fully saturated rings. The van der Waals surface area contributed by atoms with Gasteiger partial charge in [0.15, 0.2) is 6.29 Å². The summed E-state index contributed by atoms with van der Waals surface area (Å²) in [5.74, 6) is -1.76. The summed E-state index contributed by atoms with van der Waals surface area (Å²) in [5.41, 5.74) is 0. The molecule has 2 N–H and O–H groups in total. The van der Waals surface area contributed by atoms with Crippen LogP contribution in [0.3, 0.4) is 0 Å². The summed E-state index contributed by atoms with van der Waals surface area (Å²) >= 11 is 0. The minimum absolute atomic E-state index is 0.00395. The first-order chi connectivity index (χ1) is 9.81. The highest BCUT2D eigenvalue weighted by Gasteiger charge is 2.24. The van der Waals surface area contributed by atoms with Crippen molar-refractivity contribution in [2.24, 2.45) is 0 Å². The molecule has 0 unspecified atom stereocenters. The summed E-state index contributed by atoms with van der Waals surface area (Å²) in [7, 11) is -3.90. The molecule has 0 aromatic carbocycles. The number of carbonyl (C=O) groups is 1. The number of hydrogen-bond acceptors (Lipinski definition) is 6. The van der Waals surface area contributed by atoms with Crippen LogP contribution in [0.25, 0.3) is 0 Å². The largest absolute Gasteiger partial charge is 0.475 e. The van der Waals surface area contributed by atoms with Crippen LogP contribution in [0.15, 0.2) is 15.4 Å². The topological polar surface area (TPSA) is 115 Å². The van der Waals surface area contributed by atoms with E-state index in [9.17, 15) is 13.2 Å². The first-order valence-electron chi connectivity index (χ1n) is 6.38. The second-order valence-electron chi connectivity index (χ2n) is 4.03. The minimum atomic E-state index is -3.90. The molecule has 1 rings (SSSR count). The van der Waals surface area contributed by atoms with Crippen LogP contribution in [0.2, 0.25) is 0 Å². The molecule has 0 aliphatic heterocycles. The van der Waals surface area contributed by atoms with Gasteiger partial charge in [0.05, 0.1) is 6.54 Å². The third-order valence-corrected chi connectivity index (χ3v) is 4.05. The van der Waals surface area contributed by atoms with Crippen LogP contribution in [0.5, 0.6) is 0 Å². The van der Waals surface area contributed by atoms with Crippen LogP contribution in [0.4, 0.5) is 0 Å². The molecule has 9 heteroatoms. The summed E-state index contributed by atoms with van der Waals surface area (Å²) in [6, 6.07) is 0.969. The van der Waals surface area contributed by atoms with Gasteiger partial charge in [-0.2, -0.15) is 0 Å². The first-order valence-corrected chi connectivity index (χ1v) is 7.86. The van der Waals surface area contributed by atoms with E-state index in [-0.39, 0.29) is 17.2 Å². The van der Waals surface area contributed by atoms with Crippen molar-refractivity contribution in [2.45, 2.75) is 32.0 Å². The van der Waals surface area contributed by atoms with Crippen LogP contribution in [-0.4, -0.2) is 45.5 Å². The smallest absolute Gasteiger partial charge is 0.371 e. The van der Waals surface area contributed by atoms with E-state index in [0.717, 1.165) is 6.07 Å². The summed E-state index contributed by atoms with van der Waals surface area (Å²) < 4.78 is 41.9. The van der Waals surface area contributed by atoms with E-state index in [1.165, 1.54) is 6.92 Å². The Morgan fingerprint density at radius 1 is 1.38 bits per heavy atom. The Kier molecular flexibility index (Phi) is 6.34. The van der Waals surface area contributed by atoms with Gasteiger partial charge in [0.2, 0.25) is 15.8 Å². The Morgan fingerprint density at radius 3 is 2.38 bits per heavy atom. The van der Waals surface area contributed by atoms with Crippen molar-refractivity contribution in [3.63, 3.8) is 0 Å². The zero-order valence-corrected chi connectivity index (χ0v) is 12.9. The van der Waals surface area contributed by atoms with Gasteiger partial charge in [-0.05, 0) is 20.8 Å². The molecule has 1 aromatic heterocycles. The van der Waals surface area contributed by atoms with Gasteiger partial charge in [0.1, 0.15) is 10.7 Å². The quantitative estimate of drug-likeness (QED) is 0.651. The molecular formula is C12H19NO7S. The fourth-order valence-corrected chi connectivity index (χ4v) is 2.82. The number of ether oxygens (including phenoxy) is 2. The Bertz CT molecular complexity index is 572. The maximum Gasteiger partial charge on any atom is 0.371 e. The molecule has 0 bridgehead atoms. The molecule has 0 amide bonds. The highest BCUT2D eigenvalue weighted by atomic mass is 32.2. The summed E-state index contributed by atoms with van der Waals surface area (Å²) in [6.07, 6.45) is -0.707. The molecule has 0 saturated heterocycles. The predicted octanol–water partition coefficient (Wildman–Crippen LogP) is 0.964. The number of aromatic carboxylic acids is 1. The van der Waals surface area contributed by atoms with E-state index in [0.29, 0.717) is 13.2 Å². The van der Waals surface area contributed by atoms with Crippen LogP contribution < -0.4 is 4.72 Å². The molecule has 21 heavy (non-hydrogen) atoms. The Hall–Kier alpha value is -1.42. The second-order valence-corrected chi connectivity index (χ2v) is 5.76. The lowest BCUT2D eigenvalue weighted by molar-refractivity contribution is -0.130. The number of rotatable bonds is 9. The Morgan fingerprint density at radius 2 is 1.95 bits per heavy atom. The first kappa shape index (κ1) is 17.6.